The van der Waals surface area contributed by atoms with E-state index in [9.17, 15) is 9.90 Å². The monoisotopic (exact) mass is 1000 g/mol. The first-order valence-electron chi connectivity index (χ1n) is 22.2. The molecule has 2 aromatic heterocycles. The zero-order valence-electron chi connectivity index (χ0n) is 39.9. The molecule has 4 rings (SSSR count). The van der Waals surface area contributed by atoms with Crippen LogP contribution in [0.4, 0.5) is 0 Å². The third kappa shape index (κ3) is 12.7. The van der Waals surface area contributed by atoms with E-state index in [4.69, 9.17) is 4.98 Å². The van der Waals surface area contributed by atoms with Crippen molar-refractivity contribution in [2.24, 2.45) is 53.3 Å². The topological polar surface area (TPSA) is 50.2 Å². The average Bonchev–Trinajstić information content (AvgIpc) is 3.40. The molecule has 2 aromatic carbocycles. The van der Waals surface area contributed by atoms with Crippen LogP contribution in [0.1, 0.15) is 139 Å². The van der Waals surface area contributed by atoms with Crippen molar-refractivity contribution in [1.82, 2.24) is 4.98 Å². The molecule has 0 amide bonds. The first-order valence-corrected chi connectivity index (χ1v) is 25.7. The normalized spacial score (nSPS) is 12.9. The maximum Gasteiger partial charge on any atom is 0.162 e. The molecule has 0 spiro atoms. The molecule has 0 saturated carbocycles. The fraction of sp³-hybridized carbons (Fsp3) is 0.615. The van der Waals surface area contributed by atoms with E-state index in [2.05, 4.69) is 173 Å². The van der Waals surface area contributed by atoms with E-state index >= 15 is 0 Å². The van der Waals surface area contributed by atoms with Crippen molar-refractivity contribution in [3.05, 3.63) is 70.6 Å². The Labute approximate surface area is 374 Å². The van der Waals surface area contributed by atoms with Crippen molar-refractivity contribution in [2.75, 3.05) is 0 Å². The van der Waals surface area contributed by atoms with Gasteiger partial charge < -0.3 is 5.11 Å². The second kappa shape index (κ2) is 22.1. The van der Waals surface area contributed by atoms with E-state index in [-0.39, 0.29) is 43.5 Å². The first kappa shape index (κ1) is 52.0. The number of rotatable bonds is 16. The molecule has 6 heteroatoms. The number of ketones is 1. The number of aliphatic hydroxyl groups excluding tert-OH is 1. The summed E-state index contributed by atoms with van der Waals surface area (Å²) in [4.78, 5) is 17.4. The standard InChI is InChI=1S/C35H48NSSi.C17H32O2.Ir/c1-21(2)18-38(19-22(3)4,20-23(5)6)35-27(11)30-12-13-36-33(34(30)37-35)29-16-28-14-25(9)26(10)15-32(28)31(17-29)24(7)8;1-10(2)16(11(3)4)14(18)9-15(19)17(12(5)6)13(7)8;/h12-15,17,21-24H,18-20H2,1-11H3;9-13,16-18H,1-8H3;/q-1;;/b;14-9-;. The van der Waals surface area contributed by atoms with Gasteiger partial charge in [0.2, 0.25) is 0 Å². The van der Waals surface area contributed by atoms with Crippen LogP contribution in [0.3, 0.4) is 0 Å². The van der Waals surface area contributed by atoms with Gasteiger partial charge in [-0.15, -0.1) is 29.1 Å². The summed E-state index contributed by atoms with van der Waals surface area (Å²) in [5, 5.41) is 14.2. The molecule has 0 aliphatic rings. The molecule has 325 valence electrons. The van der Waals surface area contributed by atoms with Gasteiger partial charge in [-0.1, -0.05) is 157 Å². The number of thiophene rings is 1. The minimum absolute atomic E-state index is 0. The van der Waals surface area contributed by atoms with E-state index in [1.807, 2.05) is 6.20 Å². The average molecular weight is 1000 g/mol. The van der Waals surface area contributed by atoms with Crippen molar-refractivity contribution >= 4 is 50.6 Å². The molecule has 0 atom stereocenters. The Bertz CT molecular complexity index is 1940. The van der Waals surface area contributed by atoms with Crippen LogP contribution in [-0.2, 0) is 24.9 Å². The van der Waals surface area contributed by atoms with Gasteiger partial charge in [0.05, 0.1) is 5.76 Å². The number of hydrogen-bond acceptors (Lipinski definition) is 4. The van der Waals surface area contributed by atoms with Crippen molar-refractivity contribution in [2.45, 2.75) is 156 Å². The van der Waals surface area contributed by atoms with Crippen LogP contribution in [0.5, 0.6) is 0 Å². The molecule has 1 radical (unpaired) electrons. The minimum atomic E-state index is -1.72. The molecule has 0 aliphatic heterocycles. The Kier molecular flexibility index (Phi) is 19.8. The van der Waals surface area contributed by atoms with E-state index in [0.29, 0.717) is 29.6 Å². The molecule has 0 fully saturated rings. The number of allylic oxidation sites excluding steroid dienone is 2. The Morgan fingerprint density at radius 3 is 1.66 bits per heavy atom. The molecule has 1 N–H and O–H groups in total. The number of aliphatic hydroxyl groups is 1. The summed E-state index contributed by atoms with van der Waals surface area (Å²) in [6.45, 7) is 42.6. The molecule has 2 heterocycles. The van der Waals surface area contributed by atoms with Gasteiger partial charge in [-0.3, -0.25) is 9.78 Å². The smallest absolute Gasteiger partial charge is 0.162 e. The molecule has 58 heavy (non-hydrogen) atoms. The predicted octanol–water partition coefficient (Wildman–Crippen LogP) is 15.4. The number of nitrogens with zero attached hydrogens (tertiary/aromatic N) is 1. The fourth-order valence-corrected chi connectivity index (χ4v) is 19.8. The summed E-state index contributed by atoms with van der Waals surface area (Å²) in [6, 6.07) is 17.2. The molecule has 0 bridgehead atoms. The molecular weight excluding hydrogens is 923 g/mol. The van der Waals surface area contributed by atoms with Crippen LogP contribution in [-0.4, -0.2) is 23.9 Å². The Morgan fingerprint density at radius 1 is 0.724 bits per heavy atom. The summed E-state index contributed by atoms with van der Waals surface area (Å²) >= 11 is 2.08. The Balaban J connectivity index is 0.000000494. The summed E-state index contributed by atoms with van der Waals surface area (Å²) in [6.07, 6.45) is 3.51. The van der Waals surface area contributed by atoms with Crippen molar-refractivity contribution in [3.63, 3.8) is 0 Å². The van der Waals surface area contributed by atoms with Crippen LogP contribution in [0, 0.1) is 80.1 Å². The predicted molar refractivity (Wildman–Crippen MR) is 256 cm³/mol. The van der Waals surface area contributed by atoms with Gasteiger partial charge in [0, 0.05) is 54.6 Å². The zero-order valence-corrected chi connectivity index (χ0v) is 44.1. The molecule has 0 unspecified atom stereocenters. The van der Waals surface area contributed by atoms with Crippen LogP contribution in [0.2, 0.25) is 18.1 Å². The van der Waals surface area contributed by atoms with Crippen LogP contribution < -0.4 is 4.50 Å². The summed E-state index contributed by atoms with van der Waals surface area (Å²) in [5.41, 5.74) is 7.86. The fourth-order valence-electron chi connectivity index (χ4n) is 10.1. The number of benzene rings is 2. The largest absolute Gasteiger partial charge is 0.512 e. The summed E-state index contributed by atoms with van der Waals surface area (Å²) in [5.74, 6) is 4.22. The maximum absolute atomic E-state index is 12.3. The first-order chi connectivity index (χ1) is 26.4. The quantitative estimate of drug-likeness (QED) is 0.0527. The second-order valence-corrected chi connectivity index (χ2v) is 26.1. The summed E-state index contributed by atoms with van der Waals surface area (Å²) in [7, 11) is -1.72. The molecule has 0 saturated heterocycles. The molecule has 0 aliphatic carbocycles. The van der Waals surface area contributed by atoms with Gasteiger partial charge in [-0.2, -0.15) is 11.3 Å². The number of carbonyl (C=O) groups is 1. The van der Waals surface area contributed by atoms with E-state index < -0.39 is 8.07 Å². The van der Waals surface area contributed by atoms with Crippen molar-refractivity contribution in [1.29, 1.82) is 0 Å². The van der Waals surface area contributed by atoms with Gasteiger partial charge >= 0.3 is 0 Å². The minimum Gasteiger partial charge on any atom is -0.512 e. The Morgan fingerprint density at radius 2 is 1.21 bits per heavy atom. The third-order valence-corrected chi connectivity index (χ3v) is 20.8. The SMILES string of the molecule is CC(C)C(C(=O)/C=C(\O)C(C(C)C)C(C)C)C(C)C.Cc1cc2[c-]c(-c3nccc4c(C)c([Si](CC(C)C)(CC(C)C)CC(C)C)sc34)cc(C(C)C)c2cc1C.[Ir]. The number of aryl methyl sites for hydroxylation is 3. The van der Waals surface area contributed by atoms with E-state index in [1.54, 1.807) is 4.50 Å². The van der Waals surface area contributed by atoms with Gasteiger partial charge in [0.1, 0.15) is 8.07 Å². The zero-order chi connectivity index (χ0) is 43.3. The van der Waals surface area contributed by atoms with Crippen molar-refractivity contribution in [3.8, 4) is 11.3 Å². The number of carbonyl (C=O) groups excluding carboxylic acids is 1. The van der Waals surface area contributed by atoms with Crippen LogP contribution in [0.15, 0.2) is 42.3 Å². The second-order valence-electron chi connectivity index (χ2n) is 20.4. The molecular formula is C52H80IrNO2SSi-. The van der Waals surface area contributed by atoms with Crippen molar-refractivity contribution < 1.29 is 30.0 Å². The number of pyridine rings is 1. The maximum atomic E-state index is 12.3. The number of hydrogen-bond donors (Lipinski definition) is 1. The van der Waals surface area contributed by atoms with Gasteiger partial charge in [0.25, 0.3) is 0 Å². The van der Waals surface area contributed by atoms with E-state index in [0.717, 1.165) is 29.0 Å². The van der Waals surface area contributed by atoms with Gasteiger partial charge in [0.15, 0.2) is 5.78 Å². The third-order valence-electron chi connectivity index (χ3n) is 12.0. The van der Waals surface area contributed by atoms with E-state index in [1.165, 1.54) is 67.3 Å². The van der Waals surface area contributed by atoms with Gasteiger partial charge in [-0.05, 0) is 89.6 Å². The van der Waals surface area contributed by atoms with Crippen LogP contribution >= 0.6 is 11.3 Å². The Hall–Kier alpha value is -2.11. The molecule has 4 aromatic rings. The summed E-state index contributed by atoms with van der Waals surface area (Å²) < 4.78 is 3.09. The number of aromatic nitrogens is 1. The number of fused-ring (bicyclic) bond motifs is 2. The van der Waals surface area contributed by atoms with Gasteiger partial charge in [-0.25, -0.2) is 0 Å². The molecule has 3 nitrogen and oxygen atoms in total. The van der Waals surface area contributed by atoms with Crippen LogP contribution in [0.25, 0.3) is 32.1 Å².